The van der Waals surface area contributed by atoms with Gasteiger partial charge in [-0.1, -0.05) is 39.1 Å². The zero-order valence-electron chi connectivity index (χ0n) is 13.9. The number of benzene rings is 2. The second-order valence-electron chi connectivity index (χ2n) is 5.46. The molecule has 11 heteroatoms. The summed E-state index contributed by atoms with van der Waals surface area (Å²) in [5.74, 6) is -0.0995. The van der Waals surface area contributed by atoms with Crippen LogP contribution < -0.4 is 10.1 Å². The van der Waals surface area contributed by atoms with Gasteiger partial charge < -0.3 is 10.1 Å². The molecule has 0 saturated carbocycles. The number of ether oxygens (including phenoxy) is 1. The first kappa shape index (κ1) is 20.1. The number of nitro groups is 1. The molecule has 8 nitrogen and oxygen atoms in total. The fourth-order valence-corrected chi connectivity index (χ4v) is 3.08. The van der Waals surface area contributed by atoms with Gasteiger partial charge in [0.2, 0.25) is 0 Å². The number of halogens is 3. The predicted molar refractivity (Wildman–Crippen MR) is 108 cm³/mol. The third-order valence-corrected chi connectivity index (χ3v) is 4.65. The number of nitro benzene ring substituents is 1. The lowest BCUT2D eigenvalue weighted by molar-refractivity contribution is -0.384. The molecule has 3 rings (SSSR count). The van der Waals surface area contributed by atoms with Crippen LogP contribution in [0.5, 0.6) is 5.75 Å². The Morgan fingerprint density at radius 1 is 1.21 bits per heavy atom. The fourth-order valence-electron chi connectivity index (χ4n) is 2.19. The summed E-state index contributed by atoms with van der Waals surface area (Å²) < 4.78 is 7.80. The molecule has 0 aliphatic heterocycles. The van der Waals surface area contributed by atoms with Crippen LogP contribution in [0.2, 0.25) is 10.0 Å². The van der Waals surface area contributed by atoms with Crippen molar-refractivity contribution in [2.45, 2.75) is 6.73 Å². The van der Waals surface area contributed by atoms with Gasteiger partial charge in [-0.15, -0.1) is 0 Å². The van der Waals surface area contributed by atoms with Gasteiger partial charge in [-0.25, -0.2) is 4.68 Å². The van der Waals surface area contributed by atoms with Gasteiger partial charge in [0.05, 0.1) is 20.7 Å². The number of non-ortho nitro benzene ring substituents is 1. The normalized spacial score (nSPS) is 10.5. The SMILES string of the molecule is O=C(Nc1cc([N+](=O)[O-])ccc1Cl)c1ccn(COc2ccc(Br)cc2Cl)n1. The van der Waals surface area contributed by atoms with Crippen LogP contribution in [-0.2, 0) is 6.73 Å². The Balaban J connectivity index is 1.67. The fraction of sp³-hybridized carbons (Fsp3) is 0.0588. The number of anilines is 1. The van der Waals surface area contributed by atoms with E-state index in [0.717, 1.165) is 4.47 Å². The summed E-state index contributed by atoms with van der Waals surface area (Å²) in [6.07, 6.45) is 1.55. The number of nitrogens with one attached hydrogen (secondary N) is 1. The molecule has 0 unspecified atom stereocenters. The molecule has 0 saturated heterocycles. The third-order valence-electron chi connectivity index (χ3n) is 3.53. The van der Waals surface area contributed by atoms with E-state index in [4.69, 9.17) is 27.9 Å². The molecule has 1 amide bonds. The van der Waals surface area contributed by atoms with Crippen molar-refractivity contribution >= 4 is 56.4 Å². The standard InChI is InChI=1S/C17H11BrCl2N4O4/c18-10-1-4-16(13(20)7-10)28-9-23-6-5-14(22-23)17(25)21-15-8-11(24(26)27)2-3-12(15)19/h1-8H,9H2,(H,21,25). The minimum Gasteiger partial charge on any atom is -0.470 e. The van der Waals surface area contributed by atoms with Gasteiger partial charge in [-0.3, -0.25) is 14.9 Å². The van der Waals surface area contributed by atoms with E-state index >= 15 is 0 Å². The topological polar surface area (TPSA) is 99.3 Å². The number of rotatable bonds is 6. The number of carbonyl (C=O) groups excluding carboxylic acids is 1. The largest absolute Gasteiger partial charge is 0.470 e. The highest BCUT2D eigenvalue weighted by molar-refractivity contribution is 9.10. The van der Waals surface area contributed by atoms with Crippen LogP contribution in [0.3, 0.4) is 0 Å². The van der Waals surface area contributed by atoms with Crippen molar-refractivity contribution in [3.05, 3.63) is 79.0 Å². The van der Waals surface area contributed by atoms with Crippen LogP contribution in [0.4, 0.5) is 11.4 Å². The molecule has 0 aliphatic carbocycles. The zero-order valence-corrected chi connectivity index (χ0v) is 17.0. The average molecular weight is 486 g/mol. The highest BCUT2D eigenvalue weighted by Gasteiger charge is 2.15. The molecule has 3 aromatic rings. The van der Waals surface area contributed by atoms with E-state index in [1.165, 1.54) is 28.9 Å². The molecule has 1 heterocycles. The Morgan fingerprint density at radius 2 is 2.00 bits per heavy atom. The van der Waals surface area contributed by atoms with Crippen LogP contribution in [0.15, 0.2) is 53.1 Å². The Bertz CT molecular complexity index is 1060. The van der Waals surface area contributed by atoms with E-state index in [9.17, 15) is 14.9 Å². The molecular weight excluding hydrogens is 475 g/mol. The first-order chi connectivity index (χ1) is 13.3. The summed E-state index contributed by atoms with van der Waals surface area (Å²) in [5, 5.41) is 18.1. The monoisotopic (exact) mass is 484 g/mol. The van der Waals surface area contributed by atoms with Crippen molar-refractivity contribution < 1.29 is 14.5 Å². The second-order valence-corrected chi connectivity index (χ2v) is 7.19. The number of carbonyl (C=O) groups is 1. The van der Waals surface area contributed by atoms with E-state index in [2.05, 4.69) is 26.3 Å². The van der Waals surface area contributed by atoms with Gasteiger partial charge in [0.1, 0.15) is 5.75 Å². The minimum atomic E-state index is -0.578. The number of aromatic nitrogens is 2. The Hall–Kier alpha value is -2.62. The summed E-state index contributed by atoms with van der Waals surface area (Å²) in [6, 6.07) is 10.4. The van der Waals surface area contributed by atoms with Gasteiger partial charge in [0, 0.05) is 22.8 Å². The zero-order chi connectivity index (χ0) is 20.3. The maximum Gasteiger partial charge on any atom is 0.276 e. The summed E-state index contributed by atoms with van der Waals surface area (Å²) in [6.45, 7) is 0.0339. The number of hydrogen-bond donors (Lipinski definition) is 1. The first-order valence-corrected chi connectivity index (χ1v) is 9.25. The van der Waals surface area contributed by atoms with E-state index in [1.807, 2.05) is 0 Å². The maximum atomic E-state index is 12.3. The lowest BCUT2D eigenvalue weighted by Crippen LogP contribution is -2.14. The van der Waals surface area contributed by atoms with Crippen LogP contribution in [0.1, 0.15) is 10.5 Å². The average Bonchev–Trinajstić information content (AvgIpc) is 3.12. The van der Waals surface area contributed by atoms with Crippen LogP contribution in [-0.4, -0.2) is 20.6 Å². The quantitative estimate of drug-likeness (QED) is 0.384. The molecule has 0 fully saturated rings. The van der Waals surface area contributed by atoms with E-state index < -0.39 is 10.8 Å². The van der Waals surface area contributed by atoms with Crippen molar-refractivity contribution in [1.29, 1.82) is 0 Å². The van der Waals surface area contributed by atoms with Gasteiger partial charge >= 0.3 is 0 Å². The van der Waals surface area contributed by atoms with Crippen molar-refractivity contribution in [2.24, 2.45) is 0 Å². The van der Waals surface area contributed by atoms with Crippen LogP contribution in [0, 0.1) is 10.1 Å². The Kier molecular flexibility index (Phi) is 6.18. The third kappa shape index (κ3) is 4.80. The van der Waals surface area contributed by atoms with Gasteiger partial charge in [-0.2, -0.15) is 5.10 Å². The molecule has 2 aromatic carbocycles. The second kappa shape index (κ2) is 8.59. The van der Waals surface area contributed by atoms with E-state index in [1.54, 1.807) is 24.4 Å². The molecule has 0 atom stereocenters. The molecule has 0 bridgehead atoms. The van der Waals surface area contributed by atoms with Crippen LogP contribution >= 0.6 is 39.1 Å². The highest BCUT2D eigenvalue weighted by atomic mass is 79.9. The van der Waals surface area contributed by atoms with Crippen molar-refractivity contribution in [3.63, 3.8) is 0 Å². The molecule has 0 radical (unpaired) electrons. The predicted octanol–water partition coefficient (Wildman–Crippen LogP) is 5.15. The number of hydrogen-bond acceptors (Lipinski definition) is 5. The molecular formula is C17H11BrCl2N4O4. The highest BCUT2D eigenvalue weighted by Crippen LogP contribution is 2.28. The first-order valence-electron chi connectivity index (χ1n) is 7.70. The van der Waals surface area contributed by atoms with E-state index in [-0.39, 0.29) is 28.8 Å². The molecule has 144 valence electrons. The van der Waals surface area contributed by atoms with Crippen LogP contribution in [0.25, 0.3) is 0 Å². The van der Waals surface area contributed by atoms with Gasteiger partial charge in [0.15, 0.2) is 12.4 Å². The van der Waals surface area contributed by atoms with Crippen molar-refractivity contribution in [2.75, 3.05) is 5.32 Å². The molecule has 1 N–H and O–H groups in total. The summed E-state index contributed by atoms with van der Waals surface area (Å²) >= 11 is 15.4. The Labute approximate surface area is 177 Å². The minimum absolute atomic E-state index is 0.0339. The molecule has 1 aromatic heterocycles. The van der Waals surface area contributed by atoms with Gasteiger partial charge in [0.25, 0.3) is 11.6 Å². The molecule has 0 spiro atoms. The summed E-state index contributed by atoms with van der Waals surface area (Å²) in [5.41, 5.74) is 0.0198. The lowest BCUT2D eigenvalue weighted by atomic mass is 10.2. The Morgan fingerprint density at radius 3 is 2.71 bits per heavy atom. The molecule has 0 aliphatic rings. The maximum absolute atomic E-state index is 12.3. The van der Waals surface area contributed by atoms with Crippen molar-refractivity contribution in [1.82, 2.24) is 9.78 Å². The number of amides is 1. The lowest BCUT2D eigenvalue weighted by Gasteiger charge is -2.08. The van der Waals surface area contributed by atoms with Crippen molar-refractivity contribution in [3.8, 4) is 5.75 Å². The molecule has 28 heavy (non-hydrogen) atoms. The summed E-state index contributed by atoms with van der Waals surface area (Å²) in [4.78, 5) is 22.6. The smallest absolute Gasteiger partial charge is 0.276 e. The number of nitrogens with zero attached hydrogens (tertiary/aromatic N) is 3. The van der Waals surface area contributed by atoms with E-state index in [0.29, 0.717) is 10.8 Å². The summed E-state index contributed by atoms with van der Waals surface area (Å²) in [7, 11) is 0. The van der Waals surface area contributed by atoms with Gasteiger partial charge in [-0.05, 0) is 30.3 Å².